The topological polar surface area (TPSA) is 0 Å². The zero-order valence-corrected chi connectivity index (χ0v) is 22.1. The molecule has 0 heterocycles. The van der Waals surface area contributed by atoms with Crippen molar-refractivity contribution in [2.75, 3.05) is 52.4 Å². The van der Waals surface area contributed by atoms with Crippen LogP contribution in [0.5, 0.6) is 0 Å². The van der Waals surface area contributed by atoms with Crippen LogP contribution in [0, 0.1) is 0 Å². The molecule has 0 saturated carbocycles. The number of hydrogen-bond acceptors (Lipinski definition) is 4. The molecular weight excluding hydrogens is 444 g/mol. The van der Waals surface area contributed by atoms with Gasteiger partial charge in [-0.15, -0.1) is 0 Å². The van der Waals surface area contributed by atoms with Crippen LogP contribution in [0.2, 0.25) is 0 Å². The van der Waals surface area contributed by atoms with E-state index in [9.17, 15) is 0 Å². The van der Waals surface area contributed by atoms with E-state index >= 15 is 0 Å². The third-order valence-electron chi connectivity index (χ3n) is 5.37. The fourth-order valence-electron chi connectivity index (χ4n) is 2.68. The summed E-state index contributed by atoms with van der Waals surface area (Å²) < 4.78 is 2.56. The molecule has 0 fully saturated rings. The van der Waals surface area contributed by atoms with Crippen LogP contribution >= 0.6 is 19.6 Å². The van der Waals surface area contributed by atoms with Gasteiger partial charge in [0.2, 0.25) is 0 Å². The Balaban J connectivity index is -0.0000000746. The summed E-state index contributed by atoms with van der Waals surface area (Å²) in [6.45, 7) is 28.4. The summed E-state index contributed by atoms with van der Waals surface area (Å²) in [6.07, 6.45) is 0. The molecule has 0 unspecified atom stereocenters. The third-order valence-corrected chi connectivity index (χ3v) is 5.37. The molecule has 0 atom stereocenters. The summed E-state index contributed by atoms with van der Waals surface area (Å²) in [5.74, 6) is 0. The van der Waals surface area contributed by atoms with Gasteiger partial charge in [0, 0.05) is 0 Å². The number of quaternary nitrogens is 2. The van der Waals surface area contributed by atoms with Crippen molar-refractivity contribution in [3.05, 3.63) is 0 Å². The summed E-state index contributed by atoms with van der Waals surface area (Å²) >= 11 is -0.363. The summed E-state index contributed by atoms with van der Waals surface area (Å²) in [6, 6.07) is 0. The second-order valence-corrected chi connectivity index (χ2v) is 8.84. The van der Waals surface area contributed by atoms with Gasteiger partial charge in [-0.1, -0.05) is 0 Å². The van der Waals surface area contributed by atoms with Gasteiger partial charge in [0.1, 0.15) is 0 Å². The van der Waals surface area contributed by atoms with Gasteiger partial charge >= 0.3 is 34.6 Å². The second kappa shape index (κ2) is 23.7. The van der Waals surface area contributed by atoms with Crippen molar-refractivity contribution in [2.45, 2.75) is 55.4 Å². The molecule has 23 heavy (non-hydrogen) atoms. The van der Waals surface area contributed by atoms with E-state index in [1.165, 1.54) is 61.3 Å². The van der Waals surface area contributed by atoms with Crippen molar-refractivity contribution in [1.82, 2.24) is 0 Å². The standard InChI is InChI=1S/2C8H20N.Mo.2H2S.2S/c2*1-5-9(6-2,7-3)8-4;;;;;/h2*5-8H2,1-4H3;;2*1H2;;/q2*+1;;;;;/p-2. The van der Waals surface area contributed by atoms with E-state index in [1.54, 1.807) is 0 Å². The Morgan fingerprint density at radius 3 is 0.565 bits per heavy atom. The van der Waals surface area contributed by atoms with E-state index in [-0.39, 0.29) is 41.9 Å². The maximum atomic E-state index is 4.34. The first-order valence-corrected chi connectivity index (χ1v) is 14.1. The first-order valence-electron chi connectivity index (χ1n) is 8.52. The molecule has 0 aliphatic heterocycles. The summed E-state index contributed by atoms with van der Waals surface area (Å²) in [5, 5.41) is 0. The van der Waals surface area contributed by atoms with Crippen LogP contribution < -0.4 is 0 Å². The molecule has 0 spiro atoms. The molecule has 0 bridgehead atoms. The average molecular weight is 487 g/mol. The van der Waals surface area contributed by atoms with Crippen LogP contribution in [0.15, 0.2) is 0 Å². The van der Waals surface area contributed by atoms with Crippen molar-refractivity contribution in [1.29, 1.82) is 0 Å². The zero-order chi connectivity index (χ0) is 17.4. The second-order valence-electron chi connectivity index (χ2n) is 5.28. The van der Waals surface area contributed by atoms with Gasteiger partial charge in [-0.2, -0.15) is 0 Å². The van der Waals surface area contributed by atoms with E-state index in [0.717, 1.165) is 0 Å². The zero-order valence-electron chi connectivity index (χ0n) is 16.7. The van der Waals surface area contributed by atoms with Crippen LogP contribution in [0.1, 0.15) is 55.4 Å². The van der Waals surface area contributed by atoms with Gasteiger partial charge in [0.25, 0.3) is 0 Å². The number of hydrogen-bond donors (Lipinski definition) is 0. The Kier molecular flexibility index (Phi) is 37.0. The molecule has 0 aromatic rings. The van der Waals surface area contributed by atoms with Crippen LogP contribution in [0.25, 0.3) is 0 Å². The van der Waals surface area contributed by atoms with Crippen molar-refractivity contribution < 1.29 is 23.9 Å². The Bertz CT molecular complexity index is 197. The van der Waals surface area contributed by atoms with Crippen molar-refractivity contribution in [3.8, 4) is 0 Å². The van der Waals surface area contributed by atoms with Gasteiger partial charge in [0.05, 0.1) is 52.4 Å². The molecule has 0 radical (unpaired) electrons. The molecule has 146 valence electrons. The van der Waals surface area contributed by atoms with Crippen LogP contribution in [0.4, 0.5) is 0 Å². The number of nitrogens with zero attached hydrogens (tertiary/aromatic N) is 2. The minimum atomic E-state index is -0.363. The molecule has 0 saturated heterocycles. The van der Waals surface area contributed by atoms with E-state index in [2.05, 4.69) is 75.0 Å². The third kappa shape index (κ3) is 16.9. The summed E-state index contributed by atoms with van der Waals surface area (Å²) in [7, 11) is 8.68. The van der Waals surface area contributed by atoms with Gasteiger partial charge < -0.3 is 36.0 Å². The Labute approximate surface area is 177 Å². The molecule has 0 amide bonds. The van der Waals surface area contributed by atoms with Crippen molar-refractivity contribution in [2.24, 2.45) is 0 Å². The van der Waals surface area contributed by atoms with E-state index < -0.39 is 0 Å². The van der Waals surface area contributed by atoms with Gasteiger partial charge in [0.15, 0.2) is 0 Å². The fourth-order valence-corrected chi connectivity index (χ4v) is 2.68. The summed E-state index contributed by atoms with van der Waals surface area (Å²) in [4.78, 5) is 0. The normalized spacial score (nSPS) is 9.91. The quantitative estimate of drug-likeness (QED) is 0.214. The van der Waals surface area contributed by atoms with E-state index in [4.69, 9.17) is 0 Å². The minimum absolute atomic E-state index is 0. The fraction of sp³-hybridized carbons (Fsp3) is 1.00. The first-order chi connectivity index (χ1) is 9.90. The first kappa shape index (κ1) is 35.8. The Morgan fingerprint density at radius 1 is 0.478 bits per heavy atom. The molecule has 0 rings (SSSR count). The van der Waals surface area contributed by atoms with Crippen LogP contribution in [-0.4, -0.2) is 61.3 Å². The van der Waals surface area contributed by atoms with Crippen molar-refractivity contribution >= 4 is 46.6 Å². The number of thiol groups is 2. The average Bonchev–Trinajstić information content (AvgIpc) is 2.54. The molecule has 0 aromatic heterocycles. The van der Waals surface area contributed by atoms with Gasteiger partial charge in [-0.25, -0.2) is 0 Å². The monoisotopic (exact) mass is 488 g/mol. The Hall–Kier alpha value is 1.75. The van der Waals surface area contributed by atoms with Gasteiger partial charge in [-0.05, 0) is 55.4 Å². The number of rotatable bonds is 8. The van der Waals surface area contributed by atoms with E-state index in [0.29, 0.717) is 0 Å². The molecule has 7 heteroatoms. The molecule has 0 aromatic carbocycles. The van der Waals surface area contributed by atoms with E-state index in [1.807, 2.05) is 0 Å². The predicted octanol–water partition coefficient (Wildman–Crippen LogP) is 4.52. The SMILES string of the molecule is CC[N+](CC)(CC)CC.CC[N+](CC)(CC)CC.[SH-].[SH-].[S]=[Mo]=[S]. The van der Waals surface area contributed by atoms with Crippen LogP contribution in [-0.2, 0) is 41.9 Å². The Morgan fingerprint density at radius 2 is 0.565 bits per heavy atom. The maximum absolute atomic E-state index is 4.34. The molecule has 0 aliphatic carbocycles. The summed E-state index contributed by atoms with van der Waals surface area (Å²) in [5.41, 5.74) is 0. The molecular formula is C16H42MoN2S4. The van der Waals surface area contributed by atoms with Gasteiger partial charge in [-0.3, -0.25) is 0 Å². The molecule has 0 aliphatic rings. The van der Waals surface area contributed by atoms with Crippen LogP contribution in [0.3, 0.4) is 0 Å². The molecule has 2 nitrogen and oxygen atoms in total. The van der Waals surface area contributed by atoms with Crippen molar-refractivity contribution in [3.63, 3.8) is 0 Å². The molecule has 0 N–H and O–H groups in total. The predicted molar refractivity (Wildman–Crippen MR) is 118 cm³/mol.